The number of methoxy groups -OCH3 is 1. The van der Waals surface area contributed by atoms with E-state index in [0.29, 0.717) is 24.5 Å². The van der Waals surface area contributed by atoms with Crippen LogP contribution < -0.4 is 19.1 Å². The SMILES string of the molecule is CCOc1ccc(S(=O)(=O)N(CC(=O)N[C@H](CC)c2ccc(OC)c(C)c2)c2ccc(C)cc2)cc1. The Kier molecular flexibility index (Phi) is 8.98. The number of nitrogens with zero attached hydrogens (tertiary/aromatic N) is 1. The summed E-state index contributed by atoms with van der Waals surface area (Å²) >= 11 is 0. The minimum absolute atomic E-state index is 0.0807. The summed E-state index contributed by atoms with van der Waals surface area (Å²) in [6.45, 7) is 7.82. The molecule has 3 aromatic carbocycles. The fourth-order valence-electron chi connectivity index (χ4n) is 3.94. The highest BCUT2D eigenvalue weighted by atomic mass is 32.2. The van der Waals surface area contributed by atoms with Gasteiger partial charge < -0.3 is 14.8 Å². The van der Waals surface area contributed by atoms with Crippen LogP contribution in [0.15, 0.2) is 71.6 Å². The van der Waals surface area contributed by atoms with Gasteiger partial charge >= 0.3 is 0 Å². The number of hydrogen-bond donors (Lipinski definition) is 1. The summed E-state index contributed by atoms with van der Waals surface area (Å²) in [5.41, 5.74) is 3.29. The number of benzene rings is 3. The maximum atomic E-state index is 13.7. The summed E-state index contributed by atoms with van der Waals surface area (Å²) in [6.07, 6.45) is 0.647. The molecule has 0 saturated heterocycles. The minimum atomic E-state index is -4.02. The van der Waals surface area contributed by atoms with E-state index >= 15 is 0 Å². The van der Waals surface area contributed by atoms with Gasteiger partial charge in [-0.15, -0.1) is 0 Å². The molecule has 1 atom stereocenters. The number of nitrogens with one attached hydrogen (secondary N) is 1. The van der Waals surface area contributed by atoms with Crippen molar-refractivity contribution in [3.8, 4) is 11.5 Å². The van der Waals surface area contributed by atoms with Crippen LogP contribution in [0.4, 0.5) is 5.69 Å². The maximum absolute atomic E-state index is 13.7. The zero-order valence-electron chi connectivity index (χ0n) is 21.4. The number of anilines is 1. The molecule has 36 heavy (non-hydrogen) atoms. The molecule has 1 N–H and O–H groups in total. The molecule has 0 unspecified atom stereocenters. The molecular formula is C28H34N2O5S. The molecule has 0 aliphatic carbocycles. The first-order chi connectivity index (χ1) is 17.2. The molecule has 3 rings (SSSR count). The van der Waals surface area contributed by atoms with Gasteiger partial charge in [-0.1, -0.05) is 36.8 Å². The Hall–Kier alpha value is -3.52. The Morgan fingerprint density at radius 2 is 1.64 bits per heavy atom. The fraction of sp³-hybridized carbons (Fsp3) is 0.321. The second kappa shape index (κ2) is 11.9. The van der Waals surface area contributed by atoms with E-state index in [2.05, 4.69) is 5.32 Å². The van der Waals surface area contributed by atoms with Gasteiger partial charge in [-0.3, -0.25) is 9.10 Å². The van der Waals surface area contributed by atoms with Gasteiger partial charge in [0, 0.05) is 0 Å². The van der Waals surface area contributed by atoms with E-state index in [1.165, 1.54) is 12.1 Å². The van der Waals surface area contributed by atoms with Crippen LogP contribution in [0, 0.1) is 13.8 Å². The first-order valence-corrected chi connectivity index (χ1v) is 13.4. The lowest BCUT2D eigenvalue weighted by Crippen LogP contribution is -2.42. The molecule has 192 valence electrons. The largest absolute Gasteiger partial charge is 0.496 e. The molecule has 7 nitrogen and oxygen atoms in total. The van der Waals surface area contributed by atoms with Gasteiger partial charge in [0.2, 0.25) is 5.91 Å². The van der Waals surface area contributed by atoms with Crippen molar-refractivity contribution in [2.75, 3.05) is 24.6 Å². The Balaban J connectivity index is 1.89. The van der Waals surface area contributed by atoms with Crippen LogP contribution >= 0.6 is 0 Å². The smallest absolute Gasteiger partial charge is 0.264 e. The number of carbonyl (C=O) groups is 1. The molecule has 0 aliphatic heterocycles. The average Bonchev–Trinajstić information content (AvgIpc) is 2.87. The third kappa shape index (κ3) is 6.37. The number of rotatable bonds is 11. The van der Waals surface area contributed by atoms with Crippen LogP contribution in [-0.4, -0.2) is 34.6 Å². The Morgan fingerprint density at radius 3 is 2.19 bits per heavy atom. The number of amides is 1. The van der Waals surface area contributed by atoms with Crippen LogP contribution in [0.1, 0.15) is 43.0 Å². The fourth-order valence-corrected chi connectivity index (χ4v) is 5.36. The van der Waals surface area contributed by atoms with Gasteiger partial charge in [0.1, 0.15) is 18.0 Å². The van der Waals surface area contributed by atoms with Gasteiger partial charge in [-0.2, -0.15) is 0 Å². The Morgan fingerprint density at radius 1 is 0.972 bits per heavy atom. The summed E-state index contributed by atoms with van der Waals surface area (Å²) in [5, 5.41) is 3.00. The topological polar surface area (TPSA) is 84.9 Å². The van der Waals surface area contributed by atoms with Crippen LogP contribution in [0.5, 0.6) is 11.5 Å². The van der Waals surface area contributed by atoms with E-state index in [0.717, 1.165) is 26.7 Å². The molecular weight excluding hydrogens is 476 g/mol. The monoisotopic (exact) mass is 510 g/mol. The lowest BCUT2D eigenvalue weighted by atomic mass is 10.0. The van der Waals surface area contributed by atoms with E-state index in [1.807, 2.05) is 58.0 Å². The molecule has 0 aromatic heterocycles. The molecule has 0 spiro atoms. The number of sulfonamides is 1. The lowest BCUT2D eigenvalue weighted by molar-refractivity contribution is -0.120. The van der Waals surface area contributed by atoms with Gasteiger partial charge in [-0.25, -0.2) is 8.42 Å². The second-order valence-electron chi connectivity index (χ2n) is 8.51. The van der Waals surface area contributed by atoms with Crippen molar-refractivity contribution in [2.24, 2.45) is 0 Å². The molecule has 0 heterocycles. The predicted molar refractivity (Wildman–Crippen MR) is 142 cm³/mol. The van der Waals surface area contributed by atoms with E-state index < -0.39 is 15.9 Å². The van der Waals surface area contributed by atoms with Gasteiger partial charge in [-0.05, 0) is 80.8 Å². The first kappa shape index (κ1) is 27.1. The van der Waals surface area contributed by atoms with Crippen molar-refractivity contribution < 1.29 is 22.7 Å². The van der Waals surface area contributed by atoms with Gasteiger partial charge in [0.25, 0.3) is 10.0 Å². The van der Waals surface area contributed by atoms with Gasteiger partial charge in [0.05, 0.1) is 30.3 Å². The Bertz CT molecular complexity index is 1270. The van der Waals surface area contributed by atoms with E-state index in [4.69, 9.17) is 9.47 Å². The zero-order valence-corrected chi connectivity index (χ0v) is 22.3. The summed E-state index contributed by atoms with van der Waals surface area (Å²) in [5.74, 6) is 0.953. The second-order valence-corrected chi connectivity index (χ2v) is 10.4. The quantitative estimate of drug-likeness (QED) is 0.385. The summed E-state index contributed by atoms with van der Waals surface area (Å²) in [7, 11) is -2.40. The van der Waals surface area contributed by atoms with Crippen molar-refractivity contribution >= 4 is 21.6 Å². The molecule has 0 fully saturated rings. The van der Waals surface area contributed by atoms with Crippen molar-refractivity contribution in [1.29, 1.82) is 0 Å². The third-order valence-corrected chi connectivity index (χ3v) is 7.68. The molecule has 0 bridgehead atoms. The average molecular weight is 511 g/mol. The van der Waals surface area contributed by atoms with Crippen LogP contribution in [-0.2, 0) is 14.8 Å². The van der Waals surface area contributed by atoms with Crippen molar-refractivity contribution in [3.05, 3.63) is 83.4 Å². The van der Waals surface area contributed by atoms with E-state index in [-0.39, 0.29) is 17.5 Å². The highest BCUT2D eigenvalue weighted by Gasteiger charge is 2.28. The number of hydrogen-bond acceptors (Lipinski definition) is 5. The standard InChI is InChI=1S/C28H34N2O5S/c1-6-26(22-10-17-27(34-5)21(4)18-22)29-28(31)19-30(23-11-8-20(3)9-12-23)36(32,33)25-15-13-24(14-16-25)35-7-2/h8-18,26H,6-7,19H2,1-5H3,(H,29,31)/t26-/m1/s1. The van der Waals surface area contributed by atoms with Crippen LogP contribution in [0.2, 0.25) is 0 Å². The Labute approximate surface area is 214 Å². The van der Waals surface area contributed by atoms with Crippen LogP contribution in [0.25, 0.3) is 0 Å². The number of ether oxygens (including phenoxy) is 2. The molecule has 1 amide bonds. The minimum Gasteiger partial charge on any atom is -0.496 e. The van der Waals surface area contributed by atoms with Crippen molar-refractivity contribution in [2.45, 2.75) is 45.1 Å². The lowest BCUT2D eigenvalue weighted by Gasteiger charge is -2.26. The highest BCUT2D eigenvalue weighted by molar-refractivity contribution is 7.92. The van der Waals surface area contributed by atoms with E-state index in [1.54, 1.807) is 31.4 Å². The predicted octanol–water partition coefficient (Wildman–Crippen LogP) is 5.17. The van der Waals surface area contributed by atoms with Crippen LogP contribution in [0.3, 0.4) is 0 Å². The number of carbonyl (C=O) groups excluding carboxylic acids is 1. The molecule has 8 heteroatoms. The molecule has 0 aliphatic rings. The first-order valence-electron chi connectivity index (χ1n) is 12.0. The van der Waals surface area contributed by atoms with E-state index in [9.17, 15) is 13.2 Å². The van der Waals surface area contributed by atoms with Gasteiger partial charge in [0.15, 0.2) is 0 Å². The number of aryl methyl sites for hydroxylation is 2. The highest BCUT2D eigenvalue weighted by Crippen LogP contribution is 2.27. The summed E-state index contributed by atoms with van der Waals surface area (Å²) in [6, 6.07) is 18.8. The molecule has 3 aromatic rings. The third-order valence-electron chi connectivity index (χ3n) is 5.90. The normalized spacial score (nSPS) is 12.0. The summed E-state index contributed by atoms with van der Waals surface area (Å²) in [4.78, 5) is 13.3. The van der Waals surface area contributed by atoms with Crippen molar-refractivity contribution in [1.82, 2.24) is 5.32 Å². The van der Waals surface area contributed by atoms with Crippen molar-refractivity contribution in [3.63, 3.8) is 0 Å². The molecule has 0 saturated carbocycles. The summed E-state index contributed by atoms with van der Waals surface area (Å²) < 4.78 is 39.2. The maximum Gasteiger partial charge on any atom is 0.264 e. The zero-order chi connectivity index (χ0) is 26.3. The molecule has 0 radical (unpaired) electrons.